The van der Waals surface area contributed by atoms with E-state index in [1.807, 2.05) is 19.9 Å². The molecule has 2 heterocycles. The smallest absolute Gasteiger partial charge is 0.145 e. The minimum atomic E-state index is 0.132. The molecule has 5 heteroatoms. The molecular formula is C10H14N4S. The first-order chi connectivity index (χ1) is 7.16. The summed E-state index contributed by atoms with van der Waals surface area (Å²) in [7, 11) is 0. The van der Waals surface area contributed by atoms with Crippen molar-refractivity contribution in [1.29, 1.82) is 0 Å². The number of rotatable bonds is 3. The van der Waals surface area contributed by atoms with Crippen molar-refractivity contribution in [2.75, 3.05) is 11.9 Å². The molecule has 0 bridgehead atoms. The predicted molar refractivity (Wildman–Crippen MR) is 64.3 cm³/mol. The van der Waals surface area contributed by atoms with E-state index in [2.05, 4.69) is 15.3 Å². The Hall–Kier alpha value is -1.20. The van der Waals surface area contributed by atoms with Crippen LogP contribution in [0.3, 0.4) is 0 Å². The third-order valence-corrected chi connectivity index (χ3v) is 2.90. The van der Waals surface area contributed by atoms with E-state index in [4.69, 9.17) is 5.73 Å². The zero-order valence-electron chi connectivity index (χ0n) is 8.82. The monoisotopic (exact) mass is 222 g/mol. The van der Waals surface area contributed by atoms with Crippen LogP contribution in [0, 0.1) is 6.92 Å². The third kappa shape index (κ3) is 2.24. The zero-order chi connectivity index (χ0) is 10.8. The average Bonchev–Trinajstić information content (AvgIpc) is 2.55. The topological polar surface area (TPSA) is 63.8 Å². The van der Waals surface area contributed by atoms with Crippen LogP contribution in [0.4, 0.5) is 5.69 Å². The molecule has 2 rings (SSSR count). The molecule has 1 atom stereocenters. The van der Waals surface area contributed by atoms with E-state index in [0.717, 1.165) is 27.6 Å². The Bertz CT molecular complexity index is 463. The molecule has 0 fully saturated rings. The van der Waals surface area contributed by atoms with Crippen molar-refractivity contribution < 1.29 is 0 Å². The molecule has 0 radical (unpaired) electrons. The number of aromatic nitrogens is 2. The van der Waals surface area contributed by atoms with Crippen molar-refractivity contribution >= 4 is 27.4 Å². The predicted octanol–water partition coefficient (Wildman–Crippen LogP) is 1.76. The van der Waals surface area contributed by atoms with Crippen LogP contribution in [0.2, 0.25) is 0 Å². The molecule has 15 heavy (non-hydrogen) atoms. The highest BCUT2D eigenvalue weighted by Crippen LogP contribution is 2.25. The molecule has 0 aliphatic heterocycles. The van der Waals surface area contributed by atoms with Crippen LogP contribution in [-0.4, -0.2) is 22.6 Å². The number of hydrogen-bond acceptors (Lipinski definition) is 5. The van der Waals surface area contributed by atoms with Crippen LogP contribution in [0.15, 0.2) is 12.3 Å². The fourth-order valence-corrected chi connectivity index (χ4v) is 2.13. The lowest BCUT2D eigenvalue weighted by atomic mass is 10.3. The Morgan fingerprint density at radius 3 is 3.13 bits per heavy atom. The van der Waals surface area contributed by atoms with Gasteiger partial charge in [0, 0.05) is 18.8 Å². The van der Waals surface area contributed by atoms with Gasteiger partial charge in [0.2, 0.25) is 0 Å². The molecule has 0 aromatic carbocycles. The van der Waals surface area contributed by atoms with E-state index in [-0.39, 0.29) is 6.04 Å². The van der Waals surface area contributed by atoms with Gasteiger partial charge in [-0.3, -0.25) is 0 Å². The van der Waals surface area contributed by atoms with Crippen molar-refractivity contribution in [2.45, 2.75) is 19.9 Å². The van der Waals surface area contributed by atoms with E-state index in [1.165, 1.54) is 0 Å². The van der Waals surface area contributed by atoms with Gasteiger partial charge in [0.25, 0.3) is 0 Å². The van der Waals surface area contributed by atoms with Crippen LogP contribution in [-0.2, 0) is 0 Å². The Kier molecular flexibility index (Phi) is 2.83. The summed E-state index contributed by atoms with van der Waals surface area (Å²) in [6.45, 7) is 4.70. The molecule has 2 aromatic rings. The van der Waals surface area contributed by atoms with Gasteiger partial charge in [0.1, 0.15) is 10.3 Å². The fourth-order valence-electron chi connectivity index (χ4n) is 1.35. The molecule has 0 aliphatic rings. The average molecular weight is 222 g/mol. The number of fused-ring (bicyclic) bond motifs is 1. The van der Waals surface area contributed by atoms with Gasteiger partial charge in [-0.15, -0.1) is 0 Å². The standard InChI is InChI=1S/C10H14N4S/c1-6(11)5-13-8-3-4-12-10-9(8)14-7(2)15-10/h3-4,6H,5,11H2,1-2H3,(H,12,13). The zero-order valence-corrected chi connectivity index (χ0v) is 9.64. The van der Waals surface area contributed by atoms with E-state index in [0.29, 0.717) is 0 Å². The maximum Gasteiger partial charge on any atom is 0.145 e. The normalized spacial score (nSPS) is 13.0. The van der Waals surface area contributed by atoms with Gasteiger partial charge in [-0.1, -0.05) is 11.3 Å². The van der Waals surface area contributed by atoms with Crippen LogP contribution in [0.5, 0.6) is 0 Å². The maximum absolute atomic E-state index is 5.69. The van der Waals surface area contributed by atoms with Crippen molar-refractivity contribution in [3.05, 3.63) is 17.3 Å². The maximum atomic E-state index is 5.69. The van der Waals surface area contributed by atoms with Crippen molar-refractivity contribution in [3.63, 3.8) is 0 Å². The molecule has 0 saturated heterocycles. The number of thiazole rings is 1. The molecule has 80 valence electrons. The van der Waals surface area contributed by atoms with E-state index in [1.54, 1.807) is 17.5 Å². The van der Waals surface area contributed by atoms with E-state index in [9.17, 15) is 0 Å². The van der Waals surface area contributed by atoms with Crippen molar-refractivity contribution in [3.8, 4) is 0 Å². The van der Waals surface area contributed by atoms with Gasteiger partial charge < -0.3 is 11.1 Å². The molecule has 4 nitrogen and oxygen atoms in total. The van der Waals surface area contributed by atoms with Gasteiger partial charge in [0.15, 0.2) is 0 Å². The fraction of sp³-hybridized carbons (Fsp3) is 0.400. The first kappa shape index (κ1) is 10.3. The summed E-state index contributed by atoms with van der Waals surface area (Å²) in [5, 5.41) is 4.31. The molecule has 0 aliphatic carbocycles. The van der Waals surface area contributed by atoms with Crippen molar-refractivity contribution in [2.24, 2.45) is 5.73 Å². The number of nitrogens with two attached hydrogens (primary N) is 1. The van der Waals surface area contributed by atoms with Crippen LogP contribution >= 0.6 is 11.3 Å². The Morgan fingerprint density at radius 2 is 2.40 bits per heavy atom. The summed E-state index contributed by atoms with van der Waals surface area (Å²) >= 11 is 1.61. The van der Waals surface area contributed by atoms with Gasteiger partial charge in [-0.25, -0.2) is 9.97 Å². The minimum Gasteiger partial charge on any atom is -0.382 e. The first-order valence-electron chi connectivity index (χ1n) is 4.88. The van der Waals surface area contributed by atoms with E-state index < -0.39 is 0 Å². The quantitative estimate of drug-likeness (QED) is 0.830. The molecule has 1 unspecified atom stereocenters. The Morgan fingerprint density at radius 1 is 1.60 bits per heavy atom. The Balaban J connectivity index is 2.33. The largest absolute Gasteiger partial charge is 0.382 e. The lowest BCUT2D eigenvalue weighted by Crippen LogP contribution is -2.25. The second-order valence-corrected chi connectivity index (χ2v) is 4.78. The molecule has 0 amide bonds. The Labute approximate surface area is 92.5 Å². The minimum absolute atomic E-state index is 0.132. The summed E-state index contributed by atoms with van der Waals surface area (Å²) in [6.07, 6.45) is 1.80. The van der Waals surface area contributed by atoms with Gasteiger partial charge in [-0.2, -0.15) is 0 Å². The molecule has 2 aromatic heterocycles. The lowest BCUT2D eigenvalue weighted by Gasteiger charge is -2.08. The van der Waals surface area contributed by atoms with Crippen LogP contribution < -0.4 is 11.1 Å². The number of anilines is 1. The SMILES string of the molecule is Cc1nc2c(NCC(C)N)ccnc2s1. The second kappa shape index (κ2) is 4.12. The van der Waals surface area contributed by atoms with E-state index >= 15 is 0 Å². The third-order valence-electron chi connectivity index (χ3n) is 2.02. The van der Waals surface area contributed by atoms with Gasteiger partial charge in [-0.05, 0) is 19.9 Å². The second-order valence-electron chi connectivity index (χ2n) is 3.60. The number of hydrogen-bond donors (Lipinski definition) is 2. The lowest BCUT2D eigenvalue weighted by molar-refractivity contribution is 0.780. The summed E-state index contributed by atoms with van der Waals surface area (Å²) in [4.78, 5) is 9.69. The highest BCUT2D eigenvalue weighted by molar-refractivity contribution is 7.18. The summed E-state index contributed by atoms with van der Waals surface area (Å²) in [6, 6.07) is 2.07. The van der Waals surface area contributed by atoms with Crippen LogP contribution in [0.25, 0.3) is 10.3 Å². The first-order valence-corrected chi connectivity index (χ1v) is 5.70. The number of nitrogens with one attached hydrogen (secondary N) is 1. The summed E-state index contributed by atoms with van der Waals surface area (Å²) in [5.74, 6) is 0. The van der Waals surface area contributed by atoms with Crippen LogP contribution in [0.1, 0.15) is 11.9 Å². The van der Waals surface area contributed by atoms with Gasteiger partial charge in [0.05, 0.1) is 10.7 Å². The van der Waals surface area contributed by atoms with Crippen molar-refractivity contribution in [1.82, 2.24) is 9.97 Å². The summed E-state index contributed by atoms with van der Waals surface area (Å²) in [5.41, 5.74) is 7.65. The number of nitrogens with zero attached hydrogens (tertiary/aromatic N) is 2. The highest BCUT2D eigenvalue weighted by Gasteiger charge is 2.06. The number of aryl methyl sites for hydroxylation is 1. The molecular weight excluding hydrogens is 208 g/mol. The highest BCUT2D eigenvalue weighted by atomic mass is 32.1. The molecule has 0 saturated carbocycles. The number of pyridine rings is 1. The van der Waals surface area contributed by atoms with Gasteiger partial charge >= 0.3 is 0 Å². The summed E-state index contributed by atoms with van der Waals surface area (Å²) < 4.78 is 0. The molecule has 3 N–H and O–H groups in total. The molecule has 0 spiro atoms.